The predicted octanol–water partition coefficient (Wildman–Crippen LogP) is -2.26. The zero-order valence-corrected chi connectivity index (χ0v) is 12.4. The lowest BCUT2D eigenvalue weighted by Crippen LogP contribution is -2.49. The van der Waals surface area contributed by atoms with Gasteiger partial charge in [0, 0.05) is 0 Å². The fourth-order valence-electron chi connectivity index (χ4n) is 1.88. The Labute approximate surface area is 133 Å². The van der Waals surface area contributed by atoms with Crippen LogP contribution in [-0.2, 0) is 20.7 Å². The molecule has 0 saturated heterocycles. The number of hydrogen-bond donors (Lipinski definition) is 5. The number of nitrogens with two attached hydrogens (primary N) is 1. The number of ether oxygens (including phenoxy) is 1. The average molecular weight is 327 g/mol. The number of rotatable bonds is 9. The van der Waals surface area contributed by atoms with Crippen LogP contribution >= 0.6 is 0 Å². The largest absolute Gasteiger partial charge is 0.451 e. The summed E-state index contributed by atoms with van der Waals surface area (Å²) in [6, 6.07) is 7.82. The Hall–Kier alpha value is -1.84. The predicted molar refractivity (Wildman–Crippen MR) is 79.2 cm³/mol. The molecule has 1 aromatic rings. The van der Waals surface area contributed by atoms with Gasteiger partial charge in [-0.3, -0.25) is 9.59 Å². The van der Waals surface area contributed by atoms with Crippen molar-refractivity contribution in [3.8, 4) is 0 Å². The van der Waals surface area contributed by atoms with Crippen LogP contribution in [0, 0.1) is 0 Å². The zero-order chi connectivity index (χ0) is 17.4. The normalized spacial score (nSPS) is 17.6. The molecule has 0 amide bonds. The summed E-state index contributed by atoms with van der Waals surface area (Å²) in [5, 5.41) is 37.2. The van der Waals surface area contributed by atoms with E-state index in [2.05, 4.69) is 0 Å². The molecule has 0 bridgehead atoms. The molecule has 0 saturated carbocycles. The van der Waals surface area contributed by atoms with Crippen LogP contribution in [0.2, 0.25) is 0 Å². The monoisotopic (exact) mass is 327 g/mol. The number of aliphatic hydroxyl groups is 4. The Morgan fingerprint density at radius 2 is 1.78 bits per heavy atom. The molecule has 0 unspecified atom stereocenters. The van der Waals surface area contributed by atoms with Crippen LogP contribution in [0.3, 0.4) is 0 Å². The zero-order valence-electron chi connectivity index (χ0n) is 12.4. The molecule has 0 aliphatic heterocycles. The van der Waals surface area contributed by atoms with Gasteiger partial charge in [-0.1, -0.05) is 30.3 Å². The number of hydrogen-bond acceptors (Lipinski definition) is 8. The van der Waals surface area contributed by atoms with Crippen molar-refractivity contribution in [1.29, 1.82) is 0 Å². The second-order valence-electron chi connectivity index (χ2n) is 5.06. The van der Waals surface area contributed by atoms with Crippen molar-refractivity contribution >= 4 is 12.3 Å². The molecule has 0 heterocycles. The van der Waals surface area contributed by atoms with Crippen molar-refractivity contribution in [2.75, 3.05) is 6.61 Å². The topological polar surface area (TPSA) is 150 Å². The van der Waals surface area contributed by atoms with Crippen LogP contribution < -0.4 is 5.73 Å². The minimum absolute atomic E-state index is 0.116. The molecule has 128 valence electrons. The summed E-state index contributed by atoms with van der Waals surface area (Å²) in [4.78, 5) is 22.8. The number of benzene rings is 1. The molecule has 1 aromatic carbocycles. The quantitative estimate of drug-likeness (QED) is 0.252. The summed E-state index contributed by atoms with van der Waals surface area (Å²) in [7, 11) is 0. The summed E-state index contributed by atoms with van der Waals surface area (Å²) >= 11 is 0. The van der Waals surface area contributed by atoms with Gasteiger partial charge in [-0.2, -0.15) is 0 Å². The summed E-state index contributed by atoms with van der Waals surface area (Å²) in [6.45, 7) is -0.828. The van der Waals surface area contributed by atoms with Crippen molar-refractivity contribution in [2.24, 2.45) is 5.73 Å². The summed E-state index contributed by atoms with van der Waals surface area (Å²) in [5.74, 6) is -0.935. The van der Waals surface area contributed by atoms with E-state index in [4.69, 9.17) is 15.6 Å². The van der Waals surface area contributed by atoms with Crippen LogP contribution in [0.25, 0.3) is 0 Å². The Morgan fingerprint density at radius 1 is 1.17 bits per heavy atom. The molecule has 0 spiro atoms. The Kier molecular flexibility index (Phi) is 7.79. The van der Waals surface area contributed by atoms with E-state index >= 15 is 0 Å². The van der Waals surface area contributed by atoms with Gasteiger partial charge in [-0.05, 0) is 12.0 Å². The van der Waals surface area contributed by atoms with Gasteiger partial charge in [0.25, 0.3) is 0 Å². The third-order valence-electron chi connectivity index (χ3n) is 3.26. The first-order valence-corrected chi connectivity index (χ1v) is 7.01. The number of carbonyl (C=O) groups is 2. The van der Waals surface area contributed by atoms with Gasteiger partial charge in [0.05, 0.1) is 6.61 Å². The van der Waals surface area contributed by atoms with Gasteiger partial charge in [0.2, 0.25) is 0 Å². The van der Waals surface area contributed by atoms with Crippen molar-refractivity contribution in [2.45, 2.75) is 36.9 Å². The standard InChI is InChI=1S/C15H21NO7/c16-10(6-9-4-2-1-3-5-9)15(22)23-12(8-18)14(21)13(20)11(19)7-17/h1-5,8,10-14,17,19-21H,6-7,16H2/t10-,11+,12-,13+,14+/m0/s1. The van der Waals surface area contributed by atoms with Crippen molar-refractivity contribution in [1.82, 2.24) is 0 Å². The van der Waals surface area contributed by atoms with E-state index in [1.54, 1.807) is 30.3 Å². The third-order valence-corrected chi connectivity index (χ3v) is 3.26. The van der Waals surface area contributed by atoms with E-state index in [1.807, 2.05) is 0 Å². The number of aliphatic hydroxyl groups excluding tert-OH is 4. The highest BCUT2D eigenvalue weighted by atomic mass is 16.6. The summed E-state index contributed by atoms with van der Waals surface area (Å²) in [6.07, 6.45) is -6.84. The lowest BCUT2D eigenvalue weighted by Gasteiger charge is -2.26. The smallest absolute Gasteiger partial charge is 0.324 e. The number of aldehydes is 1. The van der Waals surface area contributed by atoms with E-state index in [-0.39, 0.29) is 12.7 Å². The van der Waals surface area contributed by atoms with Crippen LogP contribution in [-0.4, -0.2) is 69.7 Å². The highest BCUT2D eigenvalue weighted by Gasteiger charge is 2.34. The number of esters is 1. The average Bonchev–Trinajstić information content (AvgIpc) is 2.58. The molecule has 0 radical (unpaired) electrons. The highest BCUT2D eigenvalue weighted by molar-refractivity contribution is 5.78. The molecule has 23 heavy (non-hydrogen) atoms. The van der Waals surface area contributed by atoms with Gasteiger partial charge >= 0.3 is 5.97 Å². The van der Waals surface area contributed by atoms with Gasteiger partial charge in [-0.25, -0.2) is 0 Å². The van der Waals surface area contributed by atoms with E-state index in [0.717, 1.165) is 5.56 Å². The molecular formula is C15H21NO7. The minimum Gasteiger partial charge on any atom is -0.451 e. The van der Waals surface area contributed by atoms with Gasteiger partial charge in [0.15, 0.2) is 12.4 Å². The Bertz CT molecular complexity index is 496. The molecule has 0 aromatic heterocycles. The molecule has 0 aliphatic rings. The van der Waals surface area contributed by atoms with Crippen LogP contribution in [0.15, 0.2) is 30.3 Å². The molecule has 1 rings (SSSR count). The fraction of sp³-hybridized carbons (Fsp3) is 0.467. The second kappa shape index (κ2) is 9.33. The SMILES string of the molecule is N[C@@H](Cc1ccccc1)C(=O)O[C@@H](C=O)[C@@H](O)[C@H](O)[C@H](O)CO. The van der Waals surface area contributed by atoms with Crippen molar-refractivity contribution < 1.29 is 34.8 Å². The number of carbonyl (C=O) groups excluding carboxylic acids is 2. The van der Waals surface area contributed by atoms with E-state index in [1.165, 1.54) is 0 Å². The van der Waals surface area contributed by atoms with Gasteiger partial charge in [-0.15, -0.1) is 0 Å². The highest BCUT2D eigenvalue weighted by Crippen LogP contribution is 2.09. The lowest BCUT2D eigenvalue weighted by atomic mass is 10.0. The van der Waals surface area contributed by atoms with Gasteiger partial charge < -0.3 is 30.9 Å². The van der Waals surface area contributed by atoms with Crippen LogP contribution in [0.5, 0.6) is 0 Å². The lowest BCUT2D eigenvalue weighted by molar-refractivity contribution is -0.169. The molecular weight excluding hydrogens is 306 g/mol. The van der Waals surface area contributed by atoms with Crippen molar-refractivity contribution in [3.05, 3.63) is 35.9 Å². The van der Waals surface area contributed by atoms with Crippen LogP contribution in [0.4, 0.5) is 0 Å². The van der Waals surface area contributed by atoms with E-state index in [0.29, 0.717) is 0 Å². The maximum absolute atomic E-state index is 11.9. The Balaban J connectivity index is 2.63. The second-order valence-corrected chi connectivity index (χ2v) is 5.06. The molecule has 8 heteroatoms. The maximum atomic E-state index is 11.9. The maximum Gasteiger partial charge on any atom is 0.324 e. The van der Waals surface area contributed by atoms with Crippen LogP contribution in [0.1, 0.15) is 5.56 Å². The first-order chi connectivity index (χ1) is 10.9. The van der Waals surface area contributed by atoms with Gasteiger partial charge in [0.1, 0.15) is 24.4 Å². The summed E-state index contributed by atoms with van der Waals surface area (Å²) < 4.78 is 4.78. The molecule has 0 aliphatic carbocycles. The molecule has 8 nitrogen and oxygen atoms in total. The van der Waals surface area contributed by atoms with Crippen molar-refractivity contribution in [3.63, 3.8) is 0 Å². The first kappa shape index (κ1) is 19.2. The first-order valence-electron chi connectivity index (χ1n) is 7.01. The molecule has 0 fully saturated rings. The fourth-order valence-corrected chi connectivity index (χ4v) is 1.88. The van der Waals surface area contributed by atoms with E-state index in [9.17, 15) is 24.9 Å². The third kappa shape index (κ3) is 5.70. The van der Waals surface area contributed by atoms with E-state index < -0.39 is 43.0 Å². The Morgan fingerprint density at radius 3 is 2.30 bits per heavy atom. The molecule has 5 atom stereocenters. The summed E-state index contributed by atoms with van der Waals surface area (Å²) in [5.41, 5.74) is 6.48. The minimum atomic E-state index is -1.89. The molecule has 6 N–H and O–H groups in total.